The lowest BCUT2D eigenvalue weighted by molar-refractivity contribution is -0.0729. The Hall–Kier alpha value is -0.860. The Balaban J connectivity index is 1.84. The van der Waals surface area contributed by atoms with Gasteiger partial charge in [0.1, 0.15) is 0 Å². The Labute approximate surface area is 117 Å². The molecule has 0 radical (unpaired) electrons. The lowest BCUT2D eigenvalue weighted by Crippen LogP contribution is -2.59. The molecule has 0 saturated heterocycles. The maximum atomic E-state index is 9.72. The number of aliphatic hydroxyl groups is 1. The summed E-state index contributed by atoms with van der Waals surface area (Å²) in [6.07, 6.45) is 1.87. The van der Waals surface area contributed by atoms with Crippen molar-refractivity contribution in [1.82, 2.24) is 5.32 Å². The lowest BCUT2D eigenvalue weighted by atomic mass is 9.64. The van der Waals surface area contributed by atoms with Crippen LogP contribution in [0.15, 0.2) is 24.3 Å². The van der Waals surface area contributed by atoms with E-state index >= 15 is 0 Å². The molecule has 2 N–H and O–H groups in total. The molecule has 19 heavy (non-hydrogen) atoms. The van der Waals surface area contributed by atoms with Gasteiger partial charge >= 0.3 is 0 Å². The molecule has 1 aromatic rings. The third kappa shape index (κ3) is 3.37. The van der Waals surface area contributed by atoms with E-state index in [0.717, 1.165) is 19.4 Å². The first-order valence-electron chi connectivity index (χ1n) is 7.39. The van der Waals surface area contributed by atoms with Gasteiger partial charge in [0.15, 0.2) is 0 Å². The summed E-state index contributed by atoms with van der Waals surface area (Å²) in [4.78, 5) is 0. The monoisotopic (exact) mass is 261 g/mol. The van der Waals surface area contributed by atoms with Crippen molar-refractivity contribution >= 4 is 0 Å². The van der Waals surface area contributed by atoms with Crippen LogP contribution in [-0.2, 0) is 13.0 Å². The van der Waals surface area contributed by atoms with Crippen molar-refractivity contribution in [2.75, 3.05) is 0 Å². The molecule has 0 bridgehead atoms. The van der Waals surface area contributed by atoms with Crippen LogP contribution in [0.4, 0.5) is 0 Å². The molecule has 2 nitrogen and oxygen atoms in total. The second-order valence-corrected chi connectivity index (χ2v) is 6.92. The highest BCUT2D eigenvalue weighted by molar-refractivity contribution is 5.23. The Kier molecular flexibility index (Phi) is 4.32. The molecule has 2 rings (SSSR count). The van der Waals surface area contributed by atoms with E-state index in [9.17, 15) is 5.11 Å². The van der Waals surface area contributed by atoms with Gasteiger partial charge in [0, 0.05) is 18.0 Å². The van der Waals surface area contributed by atoms with Crippen LogP contribution < -0.4 is 5.32 Å². The van der Waals surface area contributed by atoms with Gasteiger partial charge in [-0.3, -0.25) is 0 Å². The second kappa shape index (κ2) is 5.64. The predicted octanol–water partition coefficient (Wildman–Crippen LogP) is 3.13. The number of nitrogens with one attached hydrogen (secondary N) is 1. The van der Waals surface area contributed by atoms with Crippen LogP contribution in [0.25, 0.3) is 0 Å². The predicted molar refractivity (Wildman–Crippen MR) is 80.0 cm³/mol. The molecule has 1 fully saturated rings. The van der Waals surface area contributed by atoms with Crippen molar-refractivity contribution in [2.45, 2.75) is 59.2 Å². The number of rotatable bonds is 5. The molecule has 0 heterocycles. The first-order valence-corrected chi connectivity index (χ1v) is 7.39. The maximum Gasteiger partial charge on any atom is 0.0621 e. The van der Waals surface area contributed by atoms with E-state index in [-0.39, 0.29) is 11.5 Å². The summed E-state index contributed by atoms with van der Waals surface area (Å²) in [7, 11) is 0. The van der Waals surface area contributed by atoms with Gasteiger partial charge in [-0.2, -0.15) is 0 Å². The van der Waals surface area contributed by atoms with Gasteiger partial charge in [0.2, 0.25) is 0 Å². The summed E-state index contributed by atoms with van der Waals surface area (Å²) in [5.41, 5.74) is 2.75. The zero-order valence-corrected chi connectivity index (χ0v) is 12.6. The average Bonchev–Trinajstić information content (AvgIpc) is 2.35. The van der Waals surface area contributed by atoms with Crippen molar-refractivity contribution in [1.29, 1.82) is 0 Å². The van der Waals surface area contributed by atoms with E-state index in [4.69, 9.17) is 0 Å². The van der Waals surface area contributed by atoms with E-state index in [1.54, 1.807) is 0 Å². The summed E-state index contributed by atoms with van der Waals surface area (Å²) in [6.45, 7) is 9.65. The van der Waals surface area contributed by atoms with E-state index in [2.05, 4.69) is 57.3 Å². The fraction of sp³-hybridized carbons (Fsp3) is 0.647. The molecule has 1 aliphatic carbocycles. The molecule has 106 valence electrons. The standard InChI is InChI=1S/C17H27NO/c1-12(2)9-13-5-7-14(8-6-13)11-18-15-10-16(19)17(15,3)4/h5-8,12,15-16,18-19H,9-11H2,1-4H3. The molecular weight excluding hydrogens is 234 g/mol. The summed E-state index contributed by atoms with van der Waals surface area (Å²) in [5.74, 6) is 0.709. The van der Waals surface area contributed by atoms with Crippen molar-refractivity contribution in [2.24, 2.45) is 11.3 Å². The van der Waals surface area contributed by atoms with Gasteiger partial charge in [-0.05, 0) is 29.9 Å². The Morgan fingerprint density at radius 1 is 1.21 bits per heavy atom. The number of hydrogen-bond acceptors (Lipinski definition) is 2. The minimum atomic E-state index is -0.154. The van der Waals surface area contributed by atoms with Crippen LogP contribution in [0.3, 0.4) is 0 Å². The highest BCUT2D eigenvalue weighted by atomic mass is 16.3. The van der Waals surface area contributed by atoms with Gasteiger partial charge in [-0.25, -0.2) is 0 Å². The lowest BCUT2D eigenvalue weighted by Gasteiger charge is -2.49. The topological polar surface area (TPSA) is 32.3 Å². The molecule has 2 heteroatoms. The average molecular weight is 261 g/mol. The zero-order valence-electron chi connectivity index (χ0n) is 12.6. The summed E-state index contributed by atoms with van der Waals surface area (Å²) >= 11 is 0. The largest absolute Gasteiger partial charge is 0.392 e. The third-order valence-electron chi connectivity index (χ3n) is 4.44. The molecule has 0 aromatic heterocycles. The highest BCUT2D eigenvalue weighted by Gasteiger charge is 2.46. The zero-order chi connectivity index (χ0) is 14.0. The number of hydrogen-bond donors (Lipinski definition) is 2. The molecule has 0 aliphatic heterocycles. The van der Waals surface area contributed by atoms with Crippen molar-refractivity contribution in [3.05, 3.63) is 35.4 Å². The molecular formula is C17H27NO. The van der Waals surface area contributed by atoms with Gasteiger partial charge in [-0.15, -0.1) is 0 Å². The van der Waals surface area contributed by atoms with Crippen molar-refractivity contribution < 1.29 is 5.11 Å². The van der Waals surface area contributed by atoms with Crippen LogP contribution in [0.5, 0.6) is 0 Å². The molecule has 1 aromatic carbocycles. The molecule has 1 aliphatic rings. The van der Waals surface area contributed by atoms with Crippen molar-refractivity contribution in [3.8, 4) is 0 Å². The van der Waals surface area contributed by atoms with Crippen LogP contribution in [0.2, 0.25) is 0 Å². The Morgan fingerprint density at radius 2 is 1.79 bits per heavy atom. The van der Waals surface area contributed by atoms with Crippen molar-refractivity contribution in [3.63, 3.8) is 0 Å². The summed E-state index contributed by atoms with van der Waals surface area (Å²) < 4.78 is 0. The van der Waals surface area contributed by atoms with Crippen LogP contribution >= 0.6 is 0 Å². The minimum Gasteiger partial charge on any atom is -0.392 e. The number of benzene rings is 1. The quantitative estimate of drug-likeness (QED) is 0.853. The smallest absolute Gasteiger partial charge is 0.0621 e. The summed E-state index contributed by atoms with van der Waals surface area (Å²) in [5, 5.41) is 13.3. The molecule has 0 amide bonds. The molecule has 2 atom stereocenters. The SMILES string of the molecule is CC(C)Cc1ccc(CNC2CC(O)C2(C)C)cc1. The molecule has 2 unspecified atom stereocenters. The van der Waals surface area contributed by atoms with E-state index in [0.29, 0.717) is 12.0 Å². The second-order valence-electron chi connectivity index (χ2n) is 6.92. The highest BCUT2D eigenvalue weighted by Crippen LogP contribution is 2.40. The fourth-order valence-corrected chi connectivity index (χ4v) is 2.75. The fourth-order valence-electron chi connectivity index (χ4n) is 2.75. The van der Waals surface area contributed by atoms with E-state index in [1.165, 1.54) is 11.1 Å². The molecule has 1 saturated carbocycles. The summed E-state index contributed by atoms with van der Waals surface area (Å²) in [6, 6.07) is 9.33. The Morgan fingerprint density at radius 3 is 2.26 bits per heavy atom. The first-order chi connectivity index (χ1) is 8.89. The molecule has 0 spiro atoms. The third-order valence-corrected chi connectivity index (χ3v) is 4.44. The van der Waals surface area contributed by atoms with Gasteiger partial charge in [0.25, 0.3) is 0 Å². The van der Waals surface area contributed by atoms with Gasteiger partial charge < -0.3 is 10.4 Å². The van der Waals surface area contributed by atoms with E-state index < -0.39 is 0 Å². The minimum absolute atomic E-state index is 0.0115. The first kappa shape index (κ1) is 14.5. The van der Waals surface area contributed by atoms with E-state index in [1.807, 2.05) is 0 Å². The van der Waals surface area contributed by atoms with Crippen LogP contribution in [-0.4, -0.2) is 17.3 Å². The van der Waals surface area contributed by atoms with Crippen LogP contribution in [0, 0.1) is 11.3 Å². The Bertz CT molecular complexity index is 408. The van der Waals surface area contributed by atoms with Crippen LogP contribution in [0.1, 0.15) is 45.2 Å². The van der Waals surface area contributed by atoms with Gasteiger partial charge in [-0.1, -0.05) is 52.0 Å². The maximum absolute atomic E-state index is 9.72. The normalized spacial score (nSPS) is 25.4. The van der Waals surface area contributed by atoms with Gasteiger partial charge in [0.05, 0.1) is 6.10 Å². The number of aliphatic hydroxyl groups excluding tert-OH is 1.